The number of nitrogens with one attached hydrogen (secondary N) is 1. The monoisotopic (exact) mass is 472 g/mol. The third kappa shape index (κ3) is 5.41. The number of carbonyl (C=O) groups excluding carboxylic acids is 1. The van der Waals surface area contributed by atoms with Gasteiger partial charge in [-0.25, -0.2) is 8.42 Å². The fourth-order valence-corrected chi connectivity index (χ4v) is 4.74. The van der Waals surface area contributed by atoms with Gasteiger partial charge < -0.3 is 10.1 Å². The van der Waals surface area contributed by atoms with Crippen molar-refractivity contribution in [2.75, 3.05) is 23.3 Å². The first-order valence-electron chi connectivity index (χ1n) is 10.1. The molecule has 0 unspecified atom stereocenters. The molecule has 3 aromatic carbocycles. The Kier molecular flexibility index (Phi) is 7.43. The van der Waals surface area contributed by atoms with E-state index in [1.807, 2.05) is 26.0 Å². The predicted octanol–water partition coefficient (Wildman–Crippen LogP) is 5.05. The molecule has 3 rings (SSSR count). The molecule has 0 aromatic heterocycles. The zero-order valence-electron chi connectivity index (χ0n) is 18.1. The summed E-state index contributed by atoms with van der Waals surface area (Å²) in [7, 11) is -2.66. The molecule has 0 fully saturated rings. The Morgan fingerprint density at radius 3 is 2.28 bits per heavy atom. The van der Waals surface area contributed by atoms with Crippen LogP contribution in [-0.4, -0.2) is 28.0 Å². The van der Waals surface area contributed by atoms with E-state index in [1.54, 1.807) is 36.4 Å². The number of rotatable bonds is 8. The summed E-state index contributed by atoms with van der Waals surface area (Å²) in [6.07, 6.45) is 0.880. The second-order valence-corrected chi connectivity index (χ2v) is 9.54. The number of methoxy groups -OCH3 is 1. The summed E-state index contributed by atoms with van der Waals surface area (Å²) in [6.45, 7) is 3.45. The summed E-state index contributed by atoms with van der Waals surface area (Å²) in [4.78, 5) is 12.9. The SMILES string of the molecule is CCc1ccc(NC(=O)CN(c2cc(Cl)ccc2OC)S(=O)(=O)c2ccc(C)cc2)cc1. The van der Waals surface area contributed by atoms with Crippen LogP contribution in [-0.2, 0) is 21.2 Å². The van der Waals surface area contributed by atoms with E-state index in [4.69, 9.17) is 16.3 Å². The Labute approximate surface area is 193 Å². The van der Waals surface area contributed by atoms with Gasteiger partial charge in [0.25, 0.3) is 10.0 Å². The van der Waals surface area contributed by atoms with E-state index >= 15 is 0 Å². The third-order valence-corrected chi connectivity index (χ3v) is 6.96. The highest BCUT2D eigenvalue weighted by molar-refractivity contribution is 7.92. The number of carbonyl (C=O) groups is 1. The van der Waals surface area contributed by atoms with Crippen molar-refractivity contribution < 1.29 is 17.9 Å². The normalized spacial score (nSPS) is 11.1. The maximum absolute atomic E-state index is 13.5. The number of sulfonamides is 1. The average Bonchev–Trinajstić information content (AvgIpc) is 2.78. The van der Waals surface area contributed by atoms with Crippen molar-refractivity contribution in [1.82, 2.24) is 0 Å². The molecule has 0 atom stereocenters. The molecule has 1 amide bonds. The lowest BCUT2D eigenvalue weighted by molar-refractivity contribution is -0.114. The third-order valence-electron chi connectivity index (χ3n) is 4.95. The molecule has 0 aliphatic carbocycles. The largest absolute Gasteiger partial charge is 0.495 e. The molecular formula is C24H25ClN2O4S. The Hall–Kier alpha value is -3.03. The highest BCUT2D eigenvalue weighted by Gasteiger charge is 2.29. The fraction of sp³-hybridized carbons (Fsp3) is 0.208. The van der Waals surface area contributed by atoms with Crippen LogP contribution in [0.3, 0.4) is 0 Å². The summed E-state index contributed by atoms with van der Waals surface area (Å²) in [6, 6.07) is 18.5. The maximum atomic E-state index is 13.5. The number of nitrogens with zero attached hydrogens (tertiary/aromatic N) is 1. The van der Waals surface area contributed by atoms with Crippen molar-refractivity contribution in [2.45, 2.75) is 25.2 Å². The number of hydrogen-bond donors (Lipinski definition) is 1. The molecule has 3 aromatic rings. The van der Waals surface area contributed by atoms with Crippen LogP contribution in [0.2, 0.25) is 5.02 Å². The van der Waals surface area contributed by atoms with E-state index in [0.717, 1.165) is 21.9 Å². The van der Waals surface area contributed by atoms with Gasteiger partial charge in [0.05, 0.1) is 17.7 Å². The van der Waals surface area contributed by atoms with Crippen LogP contribution < -0.4 is 14.4 Å². The van der Waals surface area contributed by atoms with Crippen LogP contribution in [0.5, 0.6) is 5.75 Å². The maximum Gasteiger partial charge on any atom is 0.264 e. The number of hydrogen-bond acceptors (Lipinski definition) is 4. The van der Waals surface area contributed by atoms with Gasteiger partial charge in [-0.2, -0.15) is 0 Å². The first-order chi connectivity index (χ1) is 15.2. The minimum absolute atomic E-state index is 0.0604. The van der Waals surface area contributed by atoms with Crippen molar-refractivity contribution >= 4 is 38.9 Å². The van der Waals surface area contributed by atoms with E-state index in [9.17, 15) is 13.2 Å². The van der Waals surface area contributed by atoms with Gasteiger partial charge in [-0.05, 0) is 61.4 Å². The Morgan fingerprint density at radius 2 is 1.69 bits per heavy atom. The summed E-state index contributed by atoms with van der Waals surface area (Å²) in [5.41, 5.74) is 2.81. The lowest BCUT2D eigenvalue weighted by Gasteiger charge is -2.26. The summed E-state index contributed by atoms with van der Waals surface area (Å²) in [5.74, 6) is -0.211. The highest BCUT2D eigenvalue weighted by Crippen LogP contribution is 2.35. The number of ether oxygens (including phenoxy) is 1. The van der Waals surface area contributed by atoms with Gasteiger partial charge in [-0.3, -0.25) is 9.10 Å². The quantitative estimate of drug-likeness (QED) is 0.497. The highest BCUT2D eigenvalue weighted by atomic mass is 35.5. The lowest BCUT2D eigenvalue weighted by atomic mass is 10.1. The van der Waals surface area contributed by atoms with Gasteiger partial charge in [0, 0.05) is 10.7 Å². The van der Waals surface area contributed by atoms with Crippen molar-refractivity contribution in [2.24, 2.45) is 0 Å². The molecule has 168 valence electrons. The Bertz CT molecular complexity index is 1190. The molecule has 0 aliphatic heterocycles. The lowest BCUT2D eigenvalue weighted by Crippen LogP contribution is -2.38. The van der Waals surface area contributed by atoms with Gasteiger partial charge in [-0.1, -0.05) is 48.4 Å². The van der Waals surface area contributed by atoms with Gasteiger partial charge in [0.1, 0.15) is 12.3 Å². The smallest absolute Gasteiger partial charge is 0.264 e. The van der Waals surface area contributed by atoms with Crippen LogP contribution in [0, 0.1) is 6.92 Å². The predicted molar refractivity (Wildman–Crippen MR) is 128 cm³/mol. The summed E-state index contributed by atoms with van der Waals surface area (Å²) < 4.78 is 33.5. The molecule has 0 aliphatic rings. The molecule has 0 saturated carbocycles. The molecular weight excluding hydrogens is 448 g/mol. The standard InChI is InChI=1S/C24H25ClN2O4S/c1-4-18-7-10-20(11-8-18)26-24(28)16-27(22-15-19(25)9-14-23(22)31-3)32(29,30)21-12-5-17(2)6-13-21/h5-15H,4,16H2,1-3H3,(H,26,28). The fourth-order valence-electron chi connectivity index (χ4n) is 3.15. The van der Waals surface area contributed by atoms with Crippen LogP contribution in [0.25, 0.3) is 0 Å². The number of benzene rings is 3. The molecule has 0 spiro atoms. The van der Waals surface area contributed by atoms with Gasteiger partial charge in [0.15, 0.2) is 0 Å². The molecule has 0 radical (unpaired) electrons. The second-order valence-electron chi connectivity index (χ2n) is 7.24. The Balaban J connectivity index is 1.99. The first-order valence-corrected chi connectivity index (χ1v) is 11.9. The minimum Gasteiger partial charge on any atom is -0.495 e. The van der Waals surface area contributed by atoms with Crippen LogP contribution in [0.15, 0.2) is 71.6 Å². The summed E-state index contributed by atoms with van der Waals surface area (Å²) >= 11 is 6.15. The molecule has 8 heteroatoms. The number of halogens is 1. The van der Waals surface area contributed by atoms with Crippen molar-refractivity contribution in [3.8, 4) is 5.75 Å². The van der Waals surface area contributed by atoms with Crippen LogP contribution >= 0.6 is 11.6 Å². The molecule has 0 saturated heterocycles. The average molecular weight is 473 g/mol. The van der Waals surface area contributed by atoms with Crippen LogP contribution in [0.1, 0.15) is 18.1 Å². The molecule has 6 nitrogen and oxygen atoms in total. The van der Waals surface area contributed by atoms with Gasteiger partial charge in [-0.15, -0.1) is 0 Å². The molecule has 0 bridgehead atoms. The van der Waals surface area contributed by atoms with E-state index in [-0.39, 0.29) is 16.3 Å². The minimum atomic E-state index is -4.08. The summed E-state index contributed by atoms with van der Waals surface area (Å²) in [5, 5.41) is 3.08. The van der Waals surface area contributed by atoms with E-state index in [2.05, 4.69) is 5.32 Å². The Morgan fingerprint density at radius 1 is 1.03 bits per heavy atom. The number of amides is 1. The van der Waals surface area contributed by atoms with Gasteiger partial charge in [0.2, 0.25) is 5.91 Å². The molecule has 0 heterocycles. The van der Waals surface area contributed by atoms with Crippen LogP contribution in [0.4, 0.5) is 11.4 Å². The number of aryl methyl sites for hydroxylation is 2. The molecule has 1 N–H and O–H groups in total. The molecule has 32 heavy (non-hydrogen) atoms. The van der Waals surface area contributed by atoms with E-state index in [1.165, 1.54) is 25.3 Å². The van der Waals surface area contributed by atoms with Gasteiger partial charge >= 0.3 is 0 Å². The van der Waals surface area contributed by atoms with Crippen molar-refractivity contribution in [3.05, 3.63) is 82.9 Å². The number of anilines is 2. The van der Waals surface area contributed by atoms with E-state index < -0.39 is 22.5 Å². The first kappa shape index (κ1) is 23.6. The van der Waals surface area contributed by atoms with Crippen molar-refractivity contribution in [3.63, 3.8) is 0 Å². The van der Waals surface area contributed by atoms with Crippen molar-refractivity contribution in [1.29, 1.82) is 0 Å². The topological polar surface area (TPSA) is 75.7 Å². The van der Waals surface area contributed by atoms with E-state index in [0.29, 0.717) is 10.7 Å². The zero-order valence-corrected chi connectivity index (χ0v) is 19.7. The zero-order chi connectivity index (χ0) is 23.3. The second kappa shape index (κ2) is 10.1.